The van der Waals surface area contributed by atoms with Gasteiger partial charge in [-0.2, -0.15) is 5.10 Å². The average Bonchev–Trinajstić information content (AvgIpc) is 3.30. The maximum Gasteiger partial charge on any atom is 0.258 e. The van der Waals surface area contributed by atoms with E-state index in [1.807, 2.05) is 0 Å². The van der Waals surface area contributed by atoms with Crippen molar-refractivity contribution in [1.82, 2.24) is 20.7 Å². The van der Waals surface area contributed by atoms with Crippen LogP contribution in [-0.2, 0) is 14.3 Å². The van der Waals surface area contributed by atoms with E-state index in [1.165, 1.54) is 18.0 Å². The zero-order chi connectivity index (χ0) is 21.0. The van der Waals surface area contributed by atoms with E-state index in [0.717, 1.165) is 25.0 Å². The number of ether oxygens (including phenoxy) is 2. The fourth-order valence-electron chi connectivity index (χ4n) is 2.58. The fourth-order valence-corrected chi connectivity index (χ4v) is 3.18. The predicted molar refractivity (Wildman–Crippen MR) is 112 cm³/mol. The van der Waals surface area contributed by atoms with Crippen molar-refractivity contribution in [3.63, 3.8) is 0 Å². The van der Waals surface area contributed by atoms with Gasteiger partial charge in [0.05, 0.1) is 18.1 Å². The molecule has 1 unspecified atom stereocenters. The summed E-state index contributed by atoms with van der Waals surface area (Å²) in [5, 5.41) is 7.26. The molecule has 1 aromatic heterocycles. The number of hydrogen-bond donors (Lipinski definition) is 2. The number of nitrogens with zero attached hydrogens (tertiary/aromatic N) is 3. The van der Waals surface area contributed by atoms with Gasteiger partial charge in [0.25, 0.3) is 11.8 Å². The number of hydrogen-bond acceptors (Lipinski definition) is 8. The van der Waals surface area contributed by atoms with Crippen LogP contribution in [0, 0.1) is 0 Å². The molecule has 30 heavy (non-hydrogen) atoms. The number of carbonyl (C=O) groups excluding carboxylic acids is 2. The van der Waals surface area contributed by atoms with Gasteiger partial charge in [0, 0.05) is 25.5 Å². The van der Waals surface area contributed by atoms with E-state index in [1.54, 1.807) is 42.7 Å². The van der Waals surface area contributed by atoms with Crippen LogP contribution in [0.4, 0.5) is 0 Å². The summed E-state index contributed by atoms with van der Waals surface area (Å²) in [6.45, 7) is 1.22. The molecule has 2 aromatic rings. The van der Waals surface area contributed by atoms with Crippen molar-refractivity contribution < 1.29 is 19.1 Å². The molecule has 9 nitrogen and oxygen atoms in total. The van der Waals surface area contributed by atoms with Crippen LogP contribution in [0.2, 0.25) is 0 Å². The number of thioether (sulfide) groups is 1. The molecule has 2 amide bonds. The van der Waals surface area contributed by atoms with Crippen LogP contribution >= 0.6 is 11.8 Å². The minimum atomic E-state index is -0.252. The molecular formula is C20H23N5O4S. The number of hydrazone groups is 1. The van der Waals surface area contributed by atoms with Crippen LogP contribution in [0.15, 0.2) is 53.0 Å². The van der Waals surface area contributed by atoms with Crippen molar-refractivity contribution in [2.24, 2.45) is 5.10 Å². The largest absolute Gasteiger partial charge is 0.484 e. The fraction of sp³-hybridized carbons (Fsp3) is 0.350. The van der Waals surface area contributed by atoms with E-state index in [0.29, 0.717) is 17.5 Å². The van der Waals surface area contributed by atoms with Crippen LogP contribution in [-0.4, -0.2) is 59.6 Å². The Bertz CT molecular complexity index is 842. The molecular weight excluding hydrogens is 406 g/mol. The van der Waals surface area contributed by atoms with Crippen LogP contribution in [0.25, 0.3) is 0 Å². The minimum absolute atomic E-state index is 0.0565. The Hall–Kier alpha value is -2.98. The lowest BCUT2D eigenvalue weighted by molar-refractivity contribution is -0.123. The molecule has 0 spiro atoms. The summed E-state index contributed by atoms with van der Waals surface area (Å²) in [5.41, 5.74) is 3.23. The molecule has 1 saturated heterocycles. The lowest BCUT2D eigenvalue weighted by atomic mass is 10.2. The molecule has 2 N–H and O–H groups in total. The molecule has 1 atom stereocenters. The van der Waals surface area contributed by atoms with Crippen LogP contribution in [0.5, 0.6) is 5.75 Å². The predicted octanol–water partition coefficient (Wildman–Crippen LogP) is 1.39. The van der Waals surface area contributed by atoms with Crippen molar-refractivity contribution in [2.75, 3.05) is 25.5 Å². The third kappa shape index (κ3) is 7.80. The van der Waals surface area contributed by atoms with E-state index in [9.17, 15) is 9.59 Å². The SMILES string of the molecule is O=C(COc1ccc(C=NNC(=O)CSc2ncccn2)cc1)NCC1CCCO1. The standard InChI is InChI=1S/C20H23N5O4S/c26-18(23-12-17-3-1-10-28-17)13-29-16-6-4-15(5-7-16)11-24-25-19(27)14-30-20-21-8-2-9-22-20/h2,4-9,11,17H,1,3,10,12-14H2,(H,23,26)(H,25,27). The van der Waals surface area contributed by atoms with Crippen molar-refractivity contribution in [2.45, 2.75) is 24.1 Å². The van der Waals surface area contributed by atoms with Crippen LogP contribution < -0.4 is 15.5 Å². The van der Waals surface area contributed by atoms with Gasteiger partial charge in [0.1, 0.15) is 5.75 Å². The number of amides is 2. The summed E-state index contributed by atoms with van der Waals surface area (Å²) in [6, 6.07) is 8.74. The quantitative estimate of drug-likeness (QED) is 0.254. The molecule has 2 heterocycles. The topological polar surface area (TPSA) is 115 Å². The number of nitrogens with one attached hydrogen (secondary N) is 2. The third-order valence-electron chi connectivity index (χ3n) is 4.08. The molecule has 0 aliphatic carbocycles. The molecule has 158 valence electrons. The van der Waals surface area contributed by atoms with Crippen molar-refractivity contribution in [3.05, 3.63) is 48.3 Å². The maximum absolute atomic E-state index is 11.8. The second-order valence-electron chi connectivity index (χ2n) is 6.41. The van der Waals surface area contributed by atoms with Crippen LogP contribution in [0.1, 0.15) is 18.4 Å². The van der Waals surface area contributed by atoms with Gasteiger partial charge in [-0.25, -0.2) is 15.4 Å². The zero-order valence-corrected chi connectivity index (χ0v) is 17.1. The summed E-state index contributed by atoms with van der Waals surface area (Å²) in [4.78, 5) is 31.7. The number of carbonyl (C=O) groups is 2. The molecule has 0 saturated carbocycles. The van der Waals surface area contributed by atoms with Gasteiger partial charge in [-0.1, -0.05) is 11.8 Å². The lowest BCUT2D eigenvalue weighted by Gasteiger charge is -2.11. The van der Waals surface area contributed by atoms with Crippen molar-refractivity contribution in [1.29, 1.82) is 0 Å². The highest BCUT2D eigenvalue weighted by Crippen LogP contribution is 2.12. The first-order valence-electron chi connectivity index (χ1n) is 9.52. The maximum atomic E-state index is 11.8. The second kappa shape index (κ2) is 11.9. The average molecular weight is 430 g/mol. The van der Waals surface area contributed by atoms with E-state index in [4.69, 9.17) is 9.47 Å². The molecule has 0 radical (unpaired) electrons. The van der Waals surface area contributed by atoms with Gasteiger partial charge in [0.15, 0.2) is 11.8 Å². The van der Waals surface area contributed by atoms with Gasteiger partial charge in [-0.05, 0) is 48.7 Å². The van der Waals surface area contributed by atoms with Gasteiger partial charge < -0.3 is 14.8 Å². The van der Waals surface area contributed by atoms with Gasteiger partial charge >= 0.3 is 0 Å². The van der Waals surface area contributed by atoms with E-state index in [2.05, 4.69) is 25.8 Å². The van der Waals surface area contributed by atoms with E-state index in [-0.39, 0.29) is 30.3 Å². The summed E-state index contributed by atoms with van der Waals surface area (Å²) in [7, 11) is 0. The first-order chi connectivity index (χ1) is 14.7. The first-order valence-corrected chi connectivity index (χ1v) is 10.5. The Kier molecular flexibility index (Phi) is 8.61. The Morgan fingerprint density at radius 2 is 2.03 bits per heavy atom. The lowest BCUT2D eigenvalue weighted by Crippen LogP contribution is -2.35. The summed E-state index contributed by atoms with van der Waals surface area (Å²) < 4.78 is 10.9. The highest BCUT2D eigenvalue weighted by molar-refractivity contribution is 7.99. The molecule has 1 fully saturated rings. The molecule has 1 aromatic carbocycles. The normalized spacial score (nSPS) is 15.8. The van der Waals surface area contributed by atoms with Gasteiger partial charge in [-0.3, -0.25) is 9.59 Å². The first kappa shape index (κ1) is 21.7. The Morgan fingerprint density at radius 3 is 2.77 bits per heavy atom. The highest BCUT2D eigenvalue weighted by atomic mass is 32.2. The monoisotopic (exact) mass is 429 g/mol. The Labute approximate surface area is 178 Å². The Morgan fingerprint density at radius 1 is 1.23 bits per heavy atom. The third-order valence-corrected chi connectivity index (χ3v) is 4.95. The van der Waals surface area contributed by atoms with Crippen LogP contribution in [0.3, 0.4) is 0 Å². The number of aromatic nitrogens is 2. The molecule has 1 aliphatic heterocycles. The molecule has 1 aliphatic rings. The number of benzene rings is 1. The smallest absolute Gasteiger partial charge is 0.258 e. The zero-order valence-electron chi connectivity index (χ0n) is 16.3. The van der Waals surface area contributed by atoms with E-state index >= 15 is 0 Å². The Balaban J connectivity index is 1.33. The molecule has 3 rings (SSSR count). The minimum Gasteiger partial charge on any atom is -0.484 e. The summed E-state index contributed by atoms with van der Waals surface area (Å²) in [6.07, 6.45) is 6.90. The second-order valence-corrected chi connectivity index (χ2v) is 7.35. The number of rotatable bonds is 10. The van der Waals surface area contributed by atoms with Crippen molar-refractivity contribution in [3.8, 4) is 5.75 Å². The molecule has 0 bridgehead atoms. The summed E-state index contributed by atoms with van der Waals surface area (Å²) in [5.74, 6) is 0.307. The summed E-state index contributed by atoms with van der Waals surface area (Å²) >= 11 is 1.23. The highest BCUT2D eigenvalue weighted by Gasteiger charge is 2.16. The van der Waals surface area contributed by atoms with Gasteiger partial charge in [0.2, 0.25) is 0 Å². The van der Waals surface area contributed by atoms with Crippen molar-refractivity contribution >= 4 is 29.8 Å². The van der Waals surface area contributed by atoms with E-state index < -0.39 is 0 Å². The van der Waals surface area contributed by atoms with Gasteiger partial charge in [-0.15, -0.1) is 0 Å². The molecule has 10 heteroatoms.